The smallest absolute Gasteiger partial charge is 0.265 e. The summed E-state index contributed by atoms with van der Waals surface area (Å²) >= 11 is 1.16. The Morgan fingerprint density at radius 3 is 3.09 bits per heavy atom. The van der Waals surface area contributed by atoms with E-state index in [9.17, 15) is 4.79 Å². The minimum absolute atomic E-state index is 0. The molecule has 0 aliphatic heterocycles. The summed E-state index contributed by atoms with van der Waals surface area (Å²) < 4.78 is 3.88. The molecule has 118 valence electrons. The van der Waals surface area contributed by atoms with Crippen LogP contribution in [-0.4, -0.2) is 15.5 Å². The van der Waals surface area contributed by atoms with Crippen LogP contribution in [0.4, 0.5) is 5.69 Å². The minimum Gasteiger partial charge on any atom is -0.399 e. The summed E-state index contributed by atoms with van der Waals surface area (Å²) in [6, 6.07) is 5.99. The van der Waals surface area contributed by atoms with Crippen molar-refractivity contribution < 1.29 is 4.79 Å². The third-order valence-corrected chi connectivity index (χ3v) is 4.65. The molecule has 1 unspecified atom stereocenters. The first-order valence-electron chi connectivity index (χ1n) is 7.19. The average molecular weight is 339 g/mol. The van der Waals surface area contributed by atoms with Gasteiger partial charge in [0.15, 0.2) is 0 Å². The standard InChI is InChI=1S/C15H18N4OS.ClH/c1-2-12-14(21-19-18-12)15(20)17-13-5-3-4-9-8-10(16)6-7-11(9)13;/h6-8,13H,2-5,16H2,1H3,(H,17,20);1H. The zero-order valence-corrected chi connectivity index (χ0v) is 14.0. The Balaban J connectivity index is 0.00000176. The molecule has 0 spiro atoms. The van der Waals surface area contributed by atoms with Crippen molar-refractivity contribution in [1.82, 2.24) is 14.9 Å². The number of nitrogens with two attached hydrogens (primary N) is 1. The molecule has 0 radical (unpaired) electrons. The van der Waals surface area contributed by atoms with Crippen LogP contribution in [0.3, 0.4) is 0 Å². The van der Waals surface area contributed by atoms with Crippen molar-refractivity contribution in [3.8, 4) is 0 Å². The van der Waals surface area contributed by atoms with Gasteiger partial charge in [-0.2, -0.15) is 0 Å². The summed E-state index contributed by atoms with van der Waals surface area (Å²) in [5.41, 5.74) is 9.81. The molecule has 1 aromatic heterocycles. The number of aromatic nitrogens is 2. The summed E-state index contributed by atoms with van der Waals surface area (Å²) in [6.07, 6.45) is 3.76. The van der Waals surface area contributed by atoms with Crippen LogP contribution in [-0.2, 0) is 12.8 Å². The van der Waals surface area contributed by atoms with E-state index in [0.29, 0.717) is 4.88 Å². The molecule has 1 aromatic carbocycles. The number of hydrogen-bond donors (Lipinski definition) is 2. The van der Waals surface area contributed by atoms with Crippen molar-refractivity contribution >= 4 is 35.5 Å². The average Bonchev–Trinajstić information content (AvgIpc) is 2.95. The molecule has 0 fully saturated rings. The van der Waals surface area contributed by atoms with E-state index < -0.39 is 0 Å². The molecule has 22 heavy (non-hydrogen) atoms. The largest absolute Gasteiger partial charge is 0.399 e. The zero-order valence-electron chi connectivity index (χ0n) is 12.3. The Bertz CT molecular complexity index is 673. The van der Waals surface area contributed by atoms with Crippen LogP contribution in [0.1, 0.15) is 52.3 Å². The Morgan fingerprint density at radius 1 is 1.50 bits per heavy atom. The first-order valence-corrected chi connectivity index (χ1v) is 7.96. The van der Waals surface area contributed by atoms with Crippen LogP contribution < -0.4 is 11.1 Å². The normalized spacial score (nSPS) is 16.5. The second-order valence-corrected chi connectivity index (χ2v) is 6.03. The molecular formula is C15H19ClN4OS. The third kappa shape index (κ3) is 3.23. The van der Waals surface area contributed by atoms with Gasteiger partial charge in [-0.25, -0.2) is 0 Å². The number of anilines is 1. The quantitative estimate of drug-likeness (QED) is 0.843. The highest BCUT2D eigenvalue weighted by Crippen LogP contribution is 2.31. The number of amides is 1. The second kappa shape index (κ2) is 7.07. The molecule has 1 aliphatic carbocycles. The third-order valence-electron chi connectivity index (χ3n) is 3.88. The predicted octanol–water partition coefficient (Wildman–Crippen LogP) is 2.91. The number of nitrogen functional groups attached to an aromatic ring is 1. The number of aryl methyl sites for hydroxylation is 2. The van der Waals surface area contributed by atoms with E-state index in [1.165, 1.54) is 11.1 Å². The molecule has 2 aromatic rings. The molecule has 3 rings (SSSR count). The number of benzene rings is 1. The molecule has 1 atom stereocenters. The van der Waals surface area contributed by atoms with Crippen molar-refractivity contribution in [2.45, 2.75) is 38.6 Å². The van der Waals surface area contributed by atoms with E-state index in [1.54, 1.807) is 0 Å². The summed E-state index contributed by atoms with van der Waals surface area (Å²) in [6.45, 7) is 1.98. The van der Waals surface area contributed by atoms with E-state index in [-0.39, 0.29) is 24.4 Å². The summed E-state index contributed by atoms with van der Waals surface area (Å²) in [7, 11) is 0. The Morgan fingerprint density at radius 2 is 2.32 bits per heavy atom. The topological polar surface area (TPSA) is 80.9 Å². The van der Waals surface area contributed by atoms with Gasteiger partial charge in [0.1, 0.15) is 4.88 Å². The highest BCUT2D eigenvalue weighted by molar-refractivity contribution is 7.08. The Kier molecular flexibility index (Phi) is 5.37. The van der Waals surface area contributed by atoms with E-state index in [0.717, 1.165) is 48.6 Å². The van der Waals surface area contributed by atoms with E-state index in [1.807, 2.05) is 25.1 Å². The molecule has 3 N–H and O–H groups in total. The fraction of sp³-hybridized carbons (Fsp3) is 0.400. The van der Waals surface area contributed by atoms with Gasteiger partial charge in [0.05, 0.1) is 11.7 Å². The van der Waals surface area contributed by atoms with Crippen LogP contribution >= 0.6 is 23.9 Å². The number of nitrogens with zero attached hydrogens (tertiary/aromatic N) is 2. The monoisotopic (exact) mass is 338 g/mol. The lowest BCUT2D eigenvalue weighted by Gasteiger charge is -2.26. The SMILES string of the molecule is CCc1nnsc1C(=O)NC1CCCc2cc(N)ccc21.Cl. The number of halogens is 1. The molecule has 1 amide bonds. The van der Waals surface area contributed by atoms with E-state index in [2.05, 4.69) is 14.9 Å². The van der Waals surface area contributed by atoms with Gasteiger partial charge in [-0.1, -0.05) is 17.5 Å². The van der Waals surface area contributed by atoms with Gasteiger partial charge in [-0.3, -0.25) is 4.79 Å². The molecule has 1 aliphatic rings. The lowest BCUT2D eigenvalue weighted by molar-refractivity contribution is 0.0936. The van der Waals surface area contributed by atoms with Crippen LogP contribution in [0.15, 0.2) is 18.2 Å². The Hall–Kier alpha value is -1.66. The van der Waals surface area contributed by atoms with Gasteiger partial charge in [-0.05, 0) is 60.5 Å². The number of carbonyl (C=O) groups excluding carboxylic acids is 1. The Labute approximate surface area is 139 Å². The first kappa shape index (κ1) is 16.7. The number of fused-ring (bicyclic) bond motifs is 1. The maximum atomic E-state index is 12.4. The lowest BCUT2D eigenvalue weighted by Crippen LogP contribution is -2.31. The van der Waals surface area contributed by atoms with Gasteiger partial charge in [0.25, 0.3) is 5.91 Å². The van der Waals surface area contributed by atoms with Crippen molar-refractivity contribution in [2.24, 2.45) is 0 Å². The van der Waals surface area contributed by atoms with Crippen LogP contribution in [0.5, 0.6) is 0 Å². The van der Waals surface area contributed by atoms with Crippen molar-refractivity contribution in [3.63, 3.8) is 0 Å². The van der Waals surface area contributed by atoms with Gasteiger partial charge in [0, 0.05) is 5.69 Å². The molecule has 0 bridgehead atoms. The van der Waals surface area contributed by atoms with E-state index in [4.69, 9.17) is 5.73 Å². The summed E-state index contributed by atoms with van der Waals surface area (Å²) in [4.78, 5) is 13.1. The maximum Gasteiger partial charge on any atom is 0.265 e. The second-order valence-electron chi connectivity index (χ2n) is 5.28. The number of carbonyl (C=O) groups is 1. The zero-order chi connectivity index (χ0) is 14.8. The molecule has 7 heteroatoms. The van der Waals surface area contributed by atoms with Crippen LogP contribution in [0, 0.1) is 0 Å². The molecule has 1 heterocycles. The fourth-order valence-corrected chi connectivity index (χ4v) is 3.47. The van der Waals surface area contributed by atoms with Crippen molar-refractivity contribution in [2.75, 3.05) is 5.73 Å². The number of nitrogens with one attached hydrogen (secondary N) is 1. The highest BCUT2D eigenvalue weighted by Gasteiger charge is 2.24. The lowest BCUT2D eigenvalue weighted by atomic mass is 9.87. The maximum absolute atomic E-state index is 12.4. The summed E-state index contributed by atoms with van der Waals surface area (Å²) in [5.74, 6) is -0.0727. The van der Waals surface area contributed by atoms with E-state index >= 15 is 0 Å². The predicted molar refractivity (Wildman–Crippen MR) is 90.5 cm³/mol. The highest BCUT2D eigenvalue weighted by atomic mass is 35.5. The molecule has 5 nitrogen and oxygen atoms in total. The fourth-order valence-electron chi connectivity index (χ4n) is 2.82. The van der Waals surface area contributed by atoms with Gasteiger partial charge in [-0.15, -0.1) is 17.5 Å². The minimum atomic E-state index is -0.0727. The van der Waals surface area contributed by atoms with Gasteiger partial charge >= 0.3 is 0 Å². The summed E-state index contributed by atoms with van der Waals surface area (Å²) in [5, 5.41) is 7.12. The first-order chi connectivity index (χ1) is 10.2. The van der Waals surface area contributed by atoms with Gasteiger partial charge < -0.3 is 11.1 Å². The van der Waals surface area contributed by atoms with Crippen molar-refractivity contribution in [3.05, 3.63) is 39.9 Å². The number of hydrogen-bond acceptors (Lipinski definition) is 5. The van der Waals surface area contributed by atoms with Crippen LogP contribution in [0.25, 0.3) is 0 Å². The van der Waals surface area contributed by atoms with Crippen molar-refractivity contribution in [1.29, 1.82) is 0 Å². The molecule has 0 saturated carbocycles. The molecule has 0 saturated heterocycles. The number of rotatable bonds is 3. The van der Waals surface area contributed by atoms with Gasteiger partial charge in [0.2, 0.25) is 0 Å². The molecular weight excluding hydrogens is 320 g/mol. The van der Waals surface area contributed by atoms with Crippen LogP contribution in [0.2, 0.25) is 0 Å².